The van der Waals surface area contributed by atoms with Crippen LogP contribution in [0.25, 0.3) is 0 Å². The van der Waals surface area contributed by atoms with Crippen LogP contribution in [0, 0.1) is 0 Å². The van der Waals surface area contributed by atoms with E-state index in [2.05, 4.69) is 4.74 Å². The molecule has 2 N–H and O–H groups in total. The van der Waals surface area contributed by atoms with Gasteiger partial charge in [0.1, 0.15) is 11.5 Å². The topological polar surface area (TPSA) is 42.5 Å². The number of nitrogens with one attached hydrogen (secondary N) is 2. The lowest BCUT2D eigenvalue weighted by molar-refractivity contribution is -0.371. The number of alkyl halides is 12. The van der Waals surface area contributed by atoms with Gasteiger partial charge in [0.2, 0.25) is 0 Å². The van der Waals surface area contributed by atoms with Crippen LogP contribution in [-0.2, 0) is 5.85 Å². The van der Waals surface area contributed by atoms with Crippen molar-refractivity contribution in [2.75, 3.05) is 10.6 Å². The molecule has 0 aliphatic heterocycles. The van der Waals surface area contributed by atoms with Crippen molar-refractivity contribution >= 4 is 11.4 Å². The van der Waals surface area contributed by atoms with E-state index >= 15 is 4.39 Å². The van der Waals surface area contributed by atoms with Gasteiger partial charge in [-0.2, -0.15) is 52.7 Å². The molecule has 0 amide bonds. The summed E-state index contributed by atoms with van der Waals surface area (Å²) < 4.78 is 173. The second-order valence-electron chi connectivity index (χ2n) is 7.61. The Hall–Kier alpha value is -3.98. The van der Waals surface area contributed by atoms with Crippen LogP contribution < -0.4 is 20.1 Å². The zero-order valence-electron chi connectivity index (χ0n) is 18.8. The molecule has 1 atom stereocenters. The fraction of sp³-hybridized carbons (Fsp3) is 0.217. The molecule has 0 saturated carbocycles. The molecule has 3 rings (SSSR count). The van der Waals surface area contributed by atoms with Gasteiger partial charge in [-0.05, 0) is 36.4 Å². The lowest BCUT2D eigenvalue weighted by atomic mass is 9.98. The van der Waals surface area contributed by atoms with E-state index in [-0.39, 0.29) is 0 Å². The lowest BCUT2D eigenvalue weighted by Gasteiger charge is -2.36. The predicted octanol–water partition coefficient (Wildman–Crippen LogP) is 8.74. The van der Waals surface area contributed by atoms with Crippen molar-refractivity contribution in [3.63, 3.8) is 0 Å². The van der Waals surface area contributed by atoms with Gasteiger partial charge in [-0.25, -0.2) is 0 Å². The maximum Gasteiger partial charge on any atom is 0.482 e. The summed E-state index contributed by atoms with van der Waals surface area (Å²) in [5.74, 6) is -15.1. The van der Waals surface area contributed by atoms with Crippen LogP contribution in [0.3, 0.4) is 0 Å². The van der Waals surface area contributed by atoms with E-state index in [1.165, 1.54) is 0 Å². The van der Waals surface area contributed by atoms with Crippen molar-refractivity contribution in [3.8, 4) is 17.2 Å². The highest BCUT2D eigenvalue weighted by Crippen LogP contribution is 2.54. The summed E-state index contributed by atoms with van der Waals surface area (Å²) in [6, 6.07) is 9.43. The van der Waals surface area contributed by atoms with E-state index in [0.717, 1.165) is 59.2 Å². The molecule has 0 fully saturated rings. The zero-order chi connectivity index (χ0) is 29.3. The summed E-state index contributed by atoms with van der Waals surface area (Å²) in [6.45, 7) is 0. The Morgan fingerprint density at radius 1 is 0.487 bits per heavy atom. The minimum atomic E-state index is -6.67. The Kier molecular flexibility index (Phi) is 7.81. The van der Waals surface area contributed by atoms with E-state index in [9.17, 15) is 48.3 Å². The average molecular weight is 578 g/mol. The van der Waals surface area contributed by atoms with Gasteiger partial charge >= 0.3 is 30.6 Å². The SMILES string of the molecule is FC(F)(F)Nc1ccccc1Oc1ccccc1C(F)(Oc1ccccc1NC(F)(F)F)C(F)(F)C(F)(F)F. The zero-order valence-corrected chi connectivity index (χ0v) is 18.8. The first-order valence-corrected chi connectivity index (χ1v) is 10.3. The molecule has 3 aromatic rings. The summed E-state index contributed by atoms with van der Waals surface area (Å²) in [7, 11) is 0. The van der Waals surface area contributed by atoms with Crippen LogP contribution in [0.2, 0.25) is 0 Å². The van der Waals surface area contributed by atoms with E-state index in [4.69, 9.17) is 4.74 Å². The van der Waals surface area contributed by atoms with E-state index in [1.54, 1.807) is 0 Å². The highest BCUT2D eigenvalue weighted by atomic mass is 19.4. The first kappa shape index (κ1) is 29.6. The Balaban J connectivity index is 2.19. The molecule has 0 radical (unpaired) electrons. The van der Waals surface area contributed by atoms with E-state index < -0.39 is 64.7 Å². The van der Waals surface area contributed by atoms with Crippen LogP contribution in [0.1, 0.15) is 5.56 Å². The molecule has 0 bridgehead atoms. The van der Waals surface area contributed by atoms with Gasteiger partial charge in [0.25, 0.3) is 0 Å². The molecule has 0 saturated heterocycles. The third-order valence-corrected chi connectivity index (χ3v) is 4.79. The molecule has 0 aromatic heterocycles. The van der Waals surface area contributed by atoms with Crippen molar-refractivity contribution < 1.29 is 62.2 Å². The van der Waals surface area contributed by atoms with Crippen molar-refractivity contribution in [2.24, 2.45) is 0 Å². The van der Waals surface area contributed by atoms with Gasteiger partial charge in [0.05, 0.1) is 16.9 Å². The molecular weight excluding hydrogens is 564 g/mol. The Bertz CT molecular complexity index is 1290. The van der Waals surface area contributed by atoms with Crippen LogP contribution in [0.5, 0.6) is 17.2 Å². The standard InChI is InChI=1S/C23H14F12N2O2/c24-19(20(25,26)21(27,28)29,39-18-12-6-3-9-15(18)37-23(33,34)35)13-7-1-4-10-16(13)38-17-11-5-2-8-14(17)36-22(30,31)32/h1-12,36-37H. The number of ether oxygens (including phenoxy) is 2. The summed E-state index contributed by atoms with van der Waals surface area (Å²) in [6.07, 6.45) is -16.9. The van der Waals surface area contributed by atoms with Crippen molar-refractivity contribution in [2.45, 2.75) is 30.6 Å². The van der Waals surface area contributed by atoms with Gasteiger partial charge < -0.3 is 9.47 Å². The molecule has 3 aromatic carbocycles. The van der Waals surface area contributed by atoms with E-state index in [1.807, 2.05) is 0 Å². The largest absolute Gasteiger partial charge is 0.482 e. The second kappa shape index (κ2) is 10.3. The fourth-order valence-electron chi connectivity index (χ4n) is 3.18. The summed E-state index contributed by atoms with van der Waals surface area (Å²) in [5, 5.41) is 1.89. The van der Waals surface area contributed by atoms with Crippen molar-refractivity contribution in [1.29, 1.82) is 0 Å². The molecular formula is C23H14F12N2O2. The van der Waals surface area contributed by atoms with Crippen LogP contribution in [-0.4, -0.2) is 24.7 Å². The number of hydrogen-bond acceptors (Lipinski definition) is 4. The van der Waals surface area contributed by atoms with Gasteiger partial charge in [-0.1, -0.05) is 36.4 Å². The first-order chi connectivity index (χ1) is 17.8. The monoisotopic (exact) mass is 578 g/mol. The first-order valence-electron chi connectivity index (χ1n) is 10.3. The minimum absolute atomic E-state index is 0.342. The van der Waals surface area contributed by atoms with Gasteiger partial charge in [-0.15, -0.1) is 0 Å². The molecule has 212 valence electrons. The van der Waals surface area contributed by atoms with Crippen LogP contribution in [0.15, 0.2) is 72.8 Å². The predicted molar refractivity (Wildman–Crippen MR) is 113 cm³/mol. The average Bonchev–Trinajstić information content (AvgIpc) is 2.79. The minimum Gasteiger partial charge on any atom is -0.455 e. The number of halogens is 12. The van der Waals surface area contributed by atoms with E-state index in [0.29, 0.717) is 24.3 Å². The summed E-state index contributed by atoms with van der Waals surface area (Å²) >= 11 is 0. The molecule has 0 spiro atoms. The maximum absolute atomic E-state index is 16.2. The normalized spacial score (nSPS) is 14.4. The third-order valence-electron chi connectivity index (χ3n) is 4.79. The molecule has 16 heteroatoms. The highest BCUT2D eigenvalue weighted by molar-refractivity contribution is 5.59. The molecule has 0 heterocycles. The summed E-state index contributed by atoms with van der Waals surface area (Å²) in [5.41, 5.74) is -3.74. The number of para-hydroxylation sites is 5. The Morgan fingerprint density at radius 3 is 1.38 bits per heavy atom. The highest BCUT2D eigenvalue weighted by Gasteiger charge is 2.75. The second-order valence-corrected chi connectivity index (χ2v) is 7.61. The van der Waals surface area contributed by atoms with Gasteiger partial charge in [0.15, 0.2) is 5.75 Å². The number of anilines is 2. The molecule has 0 aliphatic carbocycles. The summed E-state index contributed by atoms with van der Waals surface area (Å²) in [4.78, 5) is 0. The number of rotatable bonds is 8. The fourth-order valence-corrected chi connectivity index (χ4v) is 3.18. The Morgan fingerprint density at radius 2 is 0.897 bits per heavy atom. The number of hydrogen-bond donors (Lipinski definition) is 2. The molecule has 0 aliphatic rings. The van der Waals surface area contributed by atoms with Crippen molar-refractivity contribution in [3.05, 3.63) is 78.4 Å². The Labute approximate surface area is 211 Å². The molecule has 39 heavy (non-hydrogen) atoms. The number of benzene rings is 3. The third kappa shape index (κ3) is 6.72. The van der Waals surface area contributed by atoms with Crippen molar-refractivity contribution in [1.82, 2.24) is 0 Å². The maximum atomic E-state index is 16.2. The lowest BCUT2D eigenvalue weighted by Crippen LogP contribution is -2.55. The molecule has 4 nitrogen and oxygen atoms in total. The van der Waals surface area contributed by atoms with Gasteiger partial charge in [0, 0.05) is 0 Å². The smallest absolute Gasteiger partial charge is 0.455 e. The van der Waals surface area contributed by atoms with Crippen LogP contribution >= 0.6 is 0 Å². The van der Waals surface area contributed by atoms with Gasteiger partial charge in [-0.3, -0.25) is 10.6 Å². The quantitative estimate of drug-likeness (QED) is 0.207. The van der Waals surface area contributed by atoms with Crippen LogP contribution in [0.4, 0.5) is 64.1 Å². The molecule has 1 unspecified atom stereocenters.